The molecule has 0 fully saturated rings. The van der Waals surface area contributed by atoms with Gasteiger partial charge >= 0.3 is 0 Å². The molecule has 0 unspecified atom stereocenters. The highest BCUT2D eigenvalue weighted by molar-refractivity contribution is 6.11. The second-order valence-electron chi connectivity index (χ2n) is 12.8. The third-order valence-corrected chi connectivity index (χ3v) is 9.54. The summed E-state index contributed by atoms with van der Waals surface area (Å²) in [4.78, 5) is 15.1. The first-order chi connectivity index (χ1) is 28.7. The molecule has 0 spiro atoms. The minimum absolute atomic E-state index is 0.0135. The average Bonchev–Trinajstić information content (AvgIpc) is 3.69. The zero-order valence-electron chi connectivity index (χ0n) is 34.2. The number of benzene rings is 8. The summed E-state index contributed by atoms with van der Waals surface area (Å²) >= 11 is 0. The van der Waals surface area contributed by atoms with Crippen molar-refractivity contribution in [1.29, 1.82) is 0 Å². The Kier molecular flexibility index (Phi) is 6.04. The van der Waals surface area contributed by atoms with Crippen LogP contribution in [0.3, 0.4) is 0 Å². The predicted molar refractivity (Wildman–Crippen MR) is 217 cm³/mol. The van der Waals surface area contributed by atoms with Gasteiger partial charge in [-0.05, 0) is 68.4 Å². The summed E-state index contributed by atoms with van der Waals surface area (Å²) in [7, 11) is 0. The molecule has 2 heterocycles. The van der Waals surface area contributed by atoms with Crippen molar-refractivity contribution in [3.8, 4) is 67.5 Å². The second kappa shape index (κ2) is 12.9. The van der Waals surface area contributed by atoms with Crippen LogP contribution in [0.15, 0.2) is 192 Å². The average molecular weight is 684 g/mol. The molecule has 0 saturated heterocycles. The number of para-hydroxylation sites is 1. The van der Waals surface area contributed by atoms with Crippen LogP contribution < -0.4 is 0 Å². The summed E-state index contributed by atoms with van der Waals surface area (Å²) in [5.41, 5.74) is 7.59. The third kappa shape index (κ3) is 5.63. The fourth-order valence-electron chi connectivity index (χ4n) is 6.92. The number of hydrogen-bond acceptors (Lipinski definition) is 4. The third-order valence-electron chi connectivity index (χ3n) is 9.54. The first-order valence-corrected chi connectivity index (χ1v) is 17.3. The van der Waals surface area contributed by atoms with Gasteiger partial charge in [0.25, 0.3) is 0 Å². The van der Waals surface area contributed by atoms with Gasteiger partial charge in [0.05, 0.1) is 8.22 Å². The summed E-state index contributed by atoms with van der Waals surface area (Å²) in [5.74, 6) is 0.763. The van der Waals surface area contributed by atoms with Gasteiger partial charge in [-0.1, -0.05) is 164 Å². The molecule has 10 rings (SSSR count). The van der Waals surface area contributed by atoms with Crippen LogP contribution in [-0.2, 0) is 0 Å². The van der Waals surface area contributed by atoms with Gasteiger partial charge in [-0.15, -0.1) is 0 Å². The molecule has 0 aliphatic rings. The molecule has 53 heavy (non-hydrogen) atoms. The van der Waals surface area contributed by atoms with Crippen molar-refractivity contribution in [3.05, 3.63) is 188 Å². The number of nitrogens with zero attached hydrogens (tertiary/aromatic N) is 3. The van der Waals surface area contributed by atoms with Gasteiger partial charge in [-0.25, -0.2) is 15.0 Å². The van der Waals surface area contributed by atoms with Crippen LogP contribution in [0.1, 0.15) is 8.22 Å². The number of rotatable bonds is 6. The van der Waals surface area contributed by atoms with Crippen molar-refractivity contribution < 1.29 is 12.6 Å². The van der Waals surface area contributed by atoms with Crippen LogP contribution in [-0.4, -0.2) is 15.0 Å². The summed E-state index contributed by atoms with van der Waals surface area (Å²) in [6.45, 7) is 0. The summed E-state index contributed by atoms with van der Waals surface area (Å²) in [6, 6.07) is 48.4. The maximum absolute atomic E-state index is 9.22. The minimum atomic E-state index is -0.453. The number of furan rings is 1. The molecule has 0 aliphatic heterocycles. The lowest BCUT2D eigenvalue weighted by Crippen LogP contribution is -2.01. The van der Waals surface area contributed by atoms with Crippen molar-refractivity contribution in [2.75, 3.05) is 0 Å². The molecule has 0 atom stereocenters. The highest BCUT2D eigenvalue weighted by atomic mass is 16.3. The number of fused-ring (bicyclic) bond motifs is 4. The molecular formula is C49H31N3O. The van der Waals surface area contributed by atoms with Crippen molar-refractivity contribution >= 4 is 32.7 Å². The fourth-order valence-corrected chi connectivity index (χ4v) is 6.92. The maximum Gasteiger partial charge on any atom is 0.164 e. The maximum atomic E-state index is 9.22. The molecule has 0 amide bonds. The Labute approximate surface area is 315 Å². The second-order valence-corrected chi connectivity index (χ2v) is 12.8. The van der Waals surface area contributed by atoms with E-state index in [1.165, 1.54) is 6.07 Å². The van der Waals surface area contributed by atoms with E-state index in [0.29, 0.717) is 22.8 Å². The first-order valence-electron chi connectivity index (χ1n) is 20.3. The molecular weight excluding hydrogens is 647 g/mol. The van der Waals surface area contributed by atoms with Gasteiger partial charge < -0.3 is 4.42 Å². The van der Waals surface area contributed by atoms with Crippen LogP contribution >= 0.6 is 0 Å². The lowest BCUT2D eigenvalue weighted by molar-refractivity contribution is 0.669. The van der Waals surface area contributed by atoms with Gasteiger partial charge in [0, 0.05) is 27.5 Å². The molecule has 0 N–H and O–H groups in total. The van der Waals surface area contributed by atoms with Crippen LogP contribution in [0, 0.1) is 0 Å². The van der Waals surface area contributed by atoms with E-state index in [0.717, 1.165) is 44.2 Å². The quantitative estimate of drug-likeness (QED) is 0.175. The molecule has 4 nitrogen and oxygen atoms in total. The lowest BCUT2D eigenvalue weighted by Gasteiger charge is -2.14. The van der Waals surface area contributed by atoms with E-state index >= 15 is 0 Å². The largest absolute Gasteiger partial charge is 0.456 e. The van der Waals surface area contributed by atoms with Crippen molar-refractivity contribution in [2.45, 2.75) is 0 Å². The van der Waals surface area contributed by atoms with Crippen molar-refractivity contribution in [1.82, 2.24) is 15.0 Å². The van der Waals surface area contributed by atoms with Crippen LogP contribution in [0.2, 0.25) is 0 Å². The van der Waals surface area contributed by atoms with E-state index in [1.807, 2.05) is 91.0 Å². The zero-order chi connectivity index (χ0) is 40.4. The summed E-state index contributed by atoms with van der Waals surface area (Å²) in [6.07, 6.45) is 0. The van der Waals surface area contributed by atoms with E-state index in [9.17, 15) is 1.37 Å². The Balaban J connectivity index is 1.24. The zero-order valence-corrected chi connectivity index (χ0v) is 28.2. The molecule has 10 aromatic rings. The van der Waals surface area contributed by atoms with Gasteiger partial charge in [-0.3, -0.25) is 0 Å². The number of hydrogen-bond donors (Lipinski definition) is 0. The van der Waals surface area contributed by atoms with Crippen LogP contribution in [0.25, 0.3) is 100 Å². The van der Waals surface area contributed by atoms with Crippen molar-refractivity contribution in [3.63, 3.8) is 0 Å². The molecule has 248 valence electrons. The van der Waals surface area contributed by atoms with Gasteiger partial charge in [0.15, 0.2) is 17.5 Å². The Hall–Kier alpha value is -7.17. The molecule has 0 aliphatic carbocycles. The Morgan fingerprint density at radius 3 is 1.81 bits per heavy atom. The summed E-state index contributed by atoms with van der Waals surface area (Å²) < 4.78 is 58.3. The van der Waals surface area contributed by atoms with Gasteiger partial charge in [0.2, 0.25) is 0 Å². The van der Waals surface area contributed by atoms with Gasteiger partial charge in [-0.2, -0.15) is 0 Å². The monoisotopic (exact) mass is 683 g/mol. The topological polar surface area (TPSA) is 51.8 Å². The Morgan fingerprint density at radius 1 is 0.377 bits per heavy atom. The van der Waals surface area contributed by atoms with E-state index in [1.54, 1.807) is 0 Å². The van der Waals surface area contributed by atoms with E-state index in [2.05, 4.69) is 54.6 Å². The van der Waals surface area contributed by atoms with E-state index in [4.69, 9.17) is 26.2 Å². The standard InChI is InChI=1S/C49H31N3O/c1-3-12-32(13-4-1)34-22-25-36(26-23-34)47-50-48(52-49(51-47)42-19-11-21-45-46(42)41-18-9-10-20-44(41)53-45)39-28-29-40(35-15-5-2-6-16-35)43(31-39)38-27-24-33-14-7-8-17-37(33)30-38/h1-31H/i9D,10D,18D,19D,20D,21D. The number of aromatic nitrogens is 3. The highest BCUT2D eigenvalue weighted by Gasteiger charge is 2.19. The SMILES string of the molecule is [2H]c1cc([2H])c2oc3c([2H])c([2H])c([2H])c([2H])c3c2c1-c1nc(-c2ccc(-c3ccccc3)cc2)nc(-c2ccc(-c3ccccc3)c(-c3ccc4ccccc4c3)c2)n1. The van der Waals surface area contributed by atoms with Crippen molar-refractivity contribution in [2.24, 2.45) is 0 Å². The normalized spacial score (nSPS) is 13.0. The first kappa shape index (κ1) is 24.9. The molecule has 4 heteroatoms. The van der Waals surface area contributed by atoms with E-state index < -0.39 is 12.1 Å². The molecule has 0 radical (unpaired) electrons. The molecule has 0 saturated carbocycles. The Bertz CT molecular complexity index is 3280. The smallest absolute Gasteiger partial charge is 0.164 e. The van der Waals surface area contributed by atoms with Crippen LogP contribution in [0.4, 0.5) is 0 Å². The van der Waals surface area contributed by atoms with E-state index in [-0.39, 0.29) is 57.5 Å². The molecule has 0 bridgehead atoms. The lowest BCUT2D eigenvalue weighted by atomic mass is 9.91. The summed E-state index contributed by atoms with van der Waals surface area (Å²) in [5, 5.41) is 2.47. The molecule has 8 aromatic carbocycles. The predicted octanol–water partition coefficient (Wildman–Crippen LogP) is 12.9. The highest BCUT2D eigenvalue weighted by Crippen LogP contribution is 2.39. The van der Waals surface area contributed by atoms with Crippen LogP contribution in [0.5, 0.6) is 0 Å². The Morgan fingerprint density at radius 2 is 1.00 bits per heavy atom. The molecule has 2 aromatic heterocycles. The fraction of sp³-hybridized carbons (Fsp3) is 0. The minimum Gasteiger partial charge on any atom is -0.456 e. The van der Waals surface area contributed by atoms with Gasteiger partial charge in [0.1, 0.15) is 11.2 Å².